The molecule has 4 aromatic heterocycles. The highest BCUT2D eigenvalue weighted by molar-refractivity contribution is 6.00. The number of nitrogens with one attached hydrogen (secondary N) is 1. The zero-order valence-corrected chi connectivity index (χ0v) is 21.1. The van der Waals surface area contributed by atoms with Crippen LogP contribution in [0.3, 0.4) is 0 Å². The second-order valence-electron chi connectivity index (χ2n) is 9.74. The molecule has 1 amide bonds. The summed E-state index contributed by atoms with van der Waals surface area (Å²) in [4.78, 5) is 26.8. The van der Waals surface area contributed by atoms with Gasteiger partial charge in [0.15, 0.2) is 0 Å². The molecule has 0 aromatic carbocycles. The van der Waals surface area contributed by atoms with E-state index in [4.69, 9.17) is 10.7 Å². The fourth-order valence-electron chi connectivity index (χ4n) is 5.06. The Labute approximate surface area is 213 Å². The highest BCUT2D eigenvalue weighted by Gasteiger charge is 2.44. The molecular formula is C27H27N9O. The number of carbonyl (C=O) groups excluding carboxylic acids is 1. The van der Waals surface area contributed by atoms with Gasteiger partial charge in [0.05, 0.1) is 29.5 Å². The number of aromatic nitrogens is 5. The maximum atomic E-state index is 12.9. The van der Waals surface area contributed by atoms with Gasteiger partial charge in [-0.1, -0.05) is 6.58 Å². The summed E-state index contributed by atoms with van der Waals surface area (Å²) in [6.07, 6.45) is 8.04. The first-order valence-electron chi connectivity index (χ1n) is 12.1. The number of rotatable bonds is 4. The maximum absolute atomic E-state index is 12.9. The molecule has 1 fully saturated rings. The summed E-state index contributed by atoms with van der Waals surface area (Å²) < 4.78 is 1.76. The van der Waals surface area contributed by atoms with Crippen molar-refractivity contribution in [2.24, 2.45) is 18.1 Å². The molecule has 186 valence electrons. The average molecular weight is 494 g/mol. The van der Waals surface area contributed by atoms with Crippen molar-refractivity contribution in [2.75, 3.05) is 18.1 Å². The van der Waals surface area contributed by atoms with Crippen molar-refractivity contribution in [3.05, 3.63) is 65.4 Å². The van der Waals surface area contributed by atoms with Crippen molar-refractivity contribution in [3.8, 4) is 11.3 Å². The van der Waals surface area contributed by atoms with Crippen LogP contribution in [-0.4, -0.2) is 48.9 Å². The Morgan fingerprint density at radius 1 is 1.19 bits per heavy atom. The quantitative estimate of drug-likeness (QED) is 0.444. The van der Waals surface area contributed by atoms with E-state index in [9.17, 15) is 4.79 Å². The minimum absolute atomic E-state index is 0.0435. The largest absolute Gasteiger partial charge is 0.383 e. The third-order valence-corrected chi connectivity index (χ3v) is 7.23. The minimum atomic E-state index is -0.0814. The normalized spacial score (nSPS) is 18.3. The molecule has 0 spiro atoms. The fourth-order valence-corrected chi connectivity index (χ4v) is 5.06. The number of amides is 1. The molecule has 0 bridgehead atoms. The number of anilines is 2. The Hall–Kier alpha value is -4.60. The van der Waals surface area contributed by atoms with E-state index in [1.807, 2.05) is 52.5 Å². The molecule has 10 nitrogen and oxygen atoms in total. The molecule has 37 heavy (non-hydrogen) atoms. The highest BCUT2D eigenvalue weighted by atomic mass is 16.2. The van der Waals surface area contributed by atoms with Gasteiger partial charge in [0.25, 0.3) is 0 Å². The SMILES string of the molecule is C=C1c2nc(C)c(-c3cc4cc(NC(=O)[C@@H]5C[C@H]5c5cnn(C)c5)ncc4c(N)n3)c(C)c2C=NN1C. The fraction of sp³-hybridized carbons (Fsp3) is 0.259. The summed E-state index contributed by atoms with van der Waals surface area (Å²) in [5, 5.41) is 14.9. The Kier molecular flexibility index (Phi) is 5.08. The van der Waals surface area contributed by atoms with Crippen molar-refractivity contribution in [2.45, 2.75) is 26.2 Å². The van der Waals surface area contributed by atoms with E-state index < -0.39 is 0 Å². The monoisotopic (exact) mass is 493 g/mol. The van der Waals surface area contributed by atoms with Gasteiger partial charge in [-0.15, -0.1) is 0 Å². The highest BCUT2D eigenvalue weighted by Crippen LogP contribution is 2.47. The molecule has 2 atom stereocenters. The van der Waals surface area contributed by atoms with Gasteiger partial charge in [-0.25, -0.2) is 9.97 Å². The molecule has 3 N–H and O–H groups in total. The summed E-state index contributed by atoms with van der Waals surface area (Å²) in [6, 6.07) is 3.80. The number of hydrogen-bond donors (Lipinski definition) is 2. The third-order valence-electron chi connectivity index (χ3n) is 7.23. The first kappa shape index (κ1) is 22.8. The molecule has 2 aliphatic rings. The number of nitrogen functional groups attached to an aromatic ring is 1. The van der Waals surface area contributed by atoms with Crippen LogP contribution in [0.2, 0.25) is 0 Å². The second-order valence-corrected chi connectivity index (χ2v) is 9.74. The molecule has 0 unspecified atom stereocenters. The number of nitrogens with two attached hydrogens (primary N) is 1. The van der Waals surface area contributed by atoms with Crippen molar-refractivity contribution >= 4 is 40.2 Å². The lowest BCUT2D eigenvalue weighted by molar-refractivity contribution is -0.117. The summed E-state index contributed by atoms with van der Waals surface area (Å²) in [5.41, 5.74) is 13.3. The third kappa shape index (κ3) is 3.81. The number of fused-ring (bicyclic) bond motifs is 2. The number of carbonyl (C=O) groups is 1. The Balaban J connectivity index is 1.33. The Bertz CT molecular complexity index is 1650. The van der Waals surface area contributed by atoms with Gasteiger partial charge in [0, 0.05) is 54.6 Å². The van der Waals surface area contributed by atoms with Gasteiger partial charge >= 0.3 is 0 Å². The molecule has 5 heterocycles. The van der Waals surface area contributed by atoms with Gasteiger partial charge in [-0.05, 0) is 54.8 Å². The maximum Gasteiger partial charge on any atom is 0.229 e. The van der Waals surface area contributed by atoms with Crippen LogP contribution in [0.1, 0.15) is 40.4 Å². The van der Waals surface area contributed by atoms with Gasteiger partial charge < -0.3 is 11.1 Å². The van der Waals surface area contributed by atoms with Crippen LogP contribution >= 0.6 is 0 Å². The Morgan fingerprint density at radius 3 is 2.76 bits per heavy atom. The molecule has 1 aliphatic carbocycles. The number of pyridine rings is 3. The molecule has 4 aromatic rings. The number of hydrogen-bond acceptors (Lipinski definition) is 8. The zero-order chi connectivity index (χ0) is 26.0. The predicted molar refractivity (Wildman–Crippen MR) is 144 cm³/mol. The molecular weight excluding hydrogens is 466 g/mol. The summed E-state index contributed by atoms with van der Waals surface area (Å²) in [5.74, 6) is 0.919. The standard InChI is InChI=1S/C27H27N9O/c1-13-20-11-31-36(5)15(3)25(20)32-14(2)24(13)22-6-16-7-23(29-10-21(16)26(28)33-22)34-27(37)19-8-18(19)17-9-30-35(4)12-17/h6-7,9-12,18-19H,3,8H2,1-2,4-5H3,(H2,28,33)(H,29,34,37)/t18-,19+/m0/s1. The van der Waals surface area contributed by atoms with E-state index in [1.54, 1.807) is 22.1 Å². The second kappa shape index (κ2) is 8.22. The number of hydrazone groups is 1. The van der Waals surface area contributed by atoms with Crippen LogP contribution in [-0.2, 0) is 11.8 Å². The molecule has 1 saturated carbocycles. The van der Waals surface area contributed by atoms with Crippen LogP contribution in [0, 0.1) is 19.8 Å². The number of aryl methyl sites for hydroxylation is 2. The van der Waals surface area contributed by atoms with E-state index in [-0.39, 0.29) is 17.7 Å². The van der Waals surface area contributed by atoms with Crippen LogP contribution in [0.5, 0.6) is 0 Å². The lowest BCUT2D eigenvalue weighted by Gasteiger charge is -2.24. The topological polar surface area (TPSA) is 127 Å². The van der Waals surface area contributed by atoms with Crippen LogP contribution in [0.4, 0.5) is 11.6 Å². The molecule has 6 rings (SSSR count). The van der Waals surface area contributed by atoms with Gasteiger partial charge in [0.1, 0.15) is 11.6 Å². The van der Waals surface area contributed by atoms with Crippen molar-refractivity contribution < 1.29 is 4.79 Å². The zero-order valence-electron chi connectivity index (χ0n) is 21.1. The van der Waals surface area contributed by atoms with Crippen LogP contribution < -0.4 is 11.1 Å². The summed E-state index contributed by atoms with van der Waals surface area (Å²) in [6.45, 7) is 8.10. The first-order valence-corrected chi connectivity index (χ1v) is 12.1. The lowest BCUT2D eigenvalue weighted by atomic mass is 9.95. The molecule has 0 saturated heterocycles. The molecule has 0 radical (unpaired) electrons. The molecule has 10 heteroatoms. The van der Waals surface area contributed by atoms with E-state index in [0.717, 1.165) is 56.5 Å². The first-order chi connectivity index (χ1) is 17.7. The van der Waals surface area contributed by atoms with E-state index in [2.05, 4.69) is 32.1 Å². The summed E-state index contributed by atoms with van der Waals surface area (Å²) in [7, 11) is 3.72. The van der Waals surface area contributed by atoms with Crippen molar-refractivity contribution in [1.29, 1.82) is 0 Å². The van der Waals surface area contributed by atoms with Gasteiger partial charge in [0.2, 0.25) is 5.91 Å². The van der Waals surface area contributed by atoms with Crippen LogP contribution in [0.25, 0.3) is 27.7 Å². The summed E-state index contributed by atoms with van der Waals surface area (Å²) >= 11 is 0. The predicted octanol–water partition coefficient (Wildman–Crippen LogP) is 3.62. The van der Waals surface area contributed by atoms with Crippen molar-refractivity contribution in [3.63, 3.8) is 0 Å². The average Bonchev–Trinajstić information content (AvgIpc) is 3.55. The number of nitrogens with zero attached hydrogens (tertiary/aromatic N) is 7. The lowest BCUT2D eigenvalue weighted by Crippen LogP contribution is -2.19. The molecule has 1 aliphatic heterocycles. The van der Waals surface area contributed by atoms with E-state index in [0.29, 0.717) is 17.3 Å². The van der Waals surface area contributed by atoms with Gasteiger partial charge in [-0.2, -0.15) is 10.2 Å². The van der Waals surface area contributed by atoms with Crippen LogP contribution in [0.15, 0.2) is 42.4 Å². The smallest absolute Gasteiger partial charge is 0.229 e. The Morgan fingerprint density at radius 2 is 2.00 bits per heavy atom. The van der Waals surface area contributed by atoms with E-state index >= 15 is 0 Å². The van der Waals surface area contributed by atoms with Gasteiger partial charge in [-0.3, -0.25) is 19.5 Å². The van der Waals surface area contributed by atoms with Crippen molar-refractivity contribution in [1.82, 2.24) is 29.7 Å². The minimum Gasteiger partial charge on any atom is -0.383 e. The van der Waals surface area contributed by atoms with E-state index in [1.165, 1.54) is 0 Å².